The molecule has 0 aromatic heterocycles. The molecule has 32 heavy (non-hydrogen) atoms. The number of carboxylic acid groups (broad SMARTS) is 2. The summed E-state index contributed by atoms with van der Waals surface area (Å²) in [6, 6.07) is -4.91. The standard InChI is InChI=1S/C18H29N5O8S/c1-32-6-4-10(15(27)22-11(18(30)31)8-13(20)24)21-16(28)12-3-2-5-23(12)17(29)9(19)7-14(25)26/h9-12H,2-8,19H2,1H3,(H2,20,24)(H,21,28)(H,22,27)(H,25,26)(H,30,31). The number of aliphatic carboxylic acids is 2. The predicted octanol–water partition coefficient (Wildman–Crippen LogP) is -2.54. The monoisotopic (exact) mass is 475 g/mol. The number of rotatable bonds is 13. The third-order valence-electron chi connectivity index (χ3n) is 4.81. The van der Waals surface area contributed by atoms with Gasteiger partial charge in [-0.15, -0.1) is 0 Å². The summed E-state index contributed by atoms with van der Waals surface area (Å²) in [5, 5.41) is 22.7. The van der Waals surface area contributed by atoms with Crippen LogP contribution in [0.2, 0.25) is 0 Å². The van der Waals surface area contributed by atoms with Crippen molar-refractivity contribution in [1.29, 1.82) is 0 Å². The third kappa shape index (κ3) is 8.34. The highest BCUT2D eigenvalue weighted by Crippen LogP contribution is 2.19. The molecule has 13 nitrogen and oxygen atoms in total. The van der Waals surface area contributed by atoms with E-state index >= 15 is 0 Å². The van der Waals surface area contributed by atoms with Crippen molar-refractivity contribution in [2.24, 2.45) is 11.5 Å². The molecule has 1 fully saturated rings. The average Bonchev–Trinajstić information content (AvgIpc) is 3.18. The highest BCUT2D eigenvalue weighted by Gasteiger charge is 2.38. The van der Waals surface area contributed by atoms with Gasteiger partial charge in [-0.3, -0.25) is 24.0 Å². The van der Waals surface area contributed by atoms with E-state index in [1.807, 2.05) is 0 Å². The molecule has 1 saturated heterocycles. The van der Waals surface area contributed by atoms with E-state index in [1.165, 1.54) is 16.7 Å². The fraction of sp³-hybridized carbons (Fsp3) is 0.667. The smallest absolute Gasteiger partial charge is 0.326 e. The van der Waals surface area contributed by atoms with Crippen molar-refractivity contribution < 1.29 is 39.0 Å². The van der Waals surface area contributed by atoms with Crippen molar-refractivity contribution in [3.63, 3.8) is 0 Å². The molecule has 1 aliphatic heterocycles. The number of nitrogens with two attached hydrogens (primary N) is 2. The number of nitrogens with zero attached hydrogens (tertiary/aromatic N) is 1. The van der Waals surface area contributed by atoms with Gasteiger partial charge < -0.3 is 37.2 Å². The number of primary amides is 1. The Bertz CT molecular complexity index is 749. The van der Waals surface area contributed by atoms with Crippen LogP contribution in [0.15, 0.2) is 0 Å². The van der Waals surface area contributed by atoms with Crippen LogP contribution in [-0.2, 0) is 28.8 Å². The van der Waals surface area contributed by atoms with Gasteiger partial charge in [0.25, 0.3) is 0 Å². The SMILES string of the molecule is CSCCC(NC(=O)C1CCCN1C(=O)C(N)CC(=O)O)C(=O)NC(CC(N)=O)C(=O)O. The largest absolute Gasteiger partial charge is 0.481 e. The Balaban J connectivity index is 2.90. The van der Waals surface area contributed by atoms with Gasteiger partial charge in [0, 0.05) is 6.54 Å². The molecule has 0 saturated carbocycles. The predicted molar refractivity (Wildman–Crippen MR) is 113 cm³/mol. The van der Waals surface area contributed by atoms with Crippen LogP contribution in [0.25, 0.3) is 0 Å². The molecule has 0 spiro atoms. The first-order valence-corrected chi connectivity index (χ1v) is 11.3. The molecule has 1 rings (SSSR count). The van der Waals surface area contributed by atoms with Crippen LogP contribution in [0, 0.1) is 0 Å². The molecule has 1 heterocycles. The van der Waals surface area contributed by atoms with Crippen LogP contribution in [0.4, 0.5) is 0 Å². The van der Waals surface area contributed by atoms with Crippen molar-refractivity contribution in [2.75, 3.05) is 18.6 Å². The molecule has 0 bridgehead atoms. The Labute approximate surface area is 188 Å². The zero-order valence-electron chi connectivity index (χ0n) is 17.6. The molecule has 1 aliphatic rings. The molecule has 8 N–H and O–H groups in total. The summed E-state index contributed by atoms with van der Waals surface area (Å²) in [6.07, 6.45) is 1.54. The Kier molecular flexibility index (Phi) is 10.9. The fourth-order valence-corrected chi connectivity index (χ4v) is 3.71. The third-order valence-corrected chi connectivity index (χ3v) is 5.46. The van der Waals surface area contributed by atoms with Crippen molar-refractivity contribution >= 4 is 47.3 Å². The lowest BCUT2D eigenvalue weighted by molar-refractivity contribution is -0.145. The second-order valence-corrected chi connectivity index (χ2v) is 8.29. The van der Waals surface area contributed by atoms with Crippen LogP contribution in [0.5, 0.6) is 0 Å². The fourth-order valence-electron chi connectivity index (χ4n) is 3.24. The molecule has 0 radical (unpaired) electrons. The van der Waals surface area contributed by atoms with E-state index < -0.39 is 72.6 Å². The maximum atomic E-state index is 12.8. The van der Waals surface area contributed by atoms with Gasteiger partial charge in [0.05, 0.1) is 18.9 Å². The van der Waals surface area contributed by atoms with Crippen molar-refractivity contribution in [1.82, 2.24) is 15.5 Å². The molecule has 4 unspecified atom stereocenters. The summed E-state index contributed by atoms with van der Waals surface area (Å²) in [5.41, 5.74) is 10.6. The van der Waals surface area contributed by atoms with Crippen molar-refractivity contribution in [3.05, 3.63) is 0 Å². The van der Waals surface area contributed by atoms with E-state index in [2.05, 4.69) is 10.6 Å². The van der Waals surface area contributed by atoms with Gasteiger partial charge in [-0.25, -0.2) is 4.79 Å². The van der Waals surface area contributed by atoms with E-state index in [0.717, 1.165) is 0 Å². The van der Waals surface area contributed by atoms with Crippen molar-refractivity contribution in [2.45, 2.75) is 56.3 Å². The number of hydrogen-bond acceptors (Lipinski definition) is 8. The number of carboxylic acids is 2. The van der Waals surface area contributed by atoms with Gasteiger partial charge in [-0.2, -0.15) is 11.8 Å². The number of likely N-dealkylation sites (tertiary alicyclic amines) is 1. The molecule has 0 aromatic carbocycles. The minimum absolute atomic E-state index is 0.168. The van der Waals surface area contributed by atoms with Gasteiger partial charge in [0.15, 0.2) is 0 Å². The number of thioether (sulfide) groups is 1. The average molecular weight is 476 g/mol. The number of carbonyl (C=O) groups is 6. The zero-order chi connectivity index (χ0) is 24.4. The Morgan fingerprint density at radius 1 is 1.09 bits per heavy atom. The maximum Gasteiger partial charge on any atom is 0.326 e. The molecule has 0 aromatic rings. The van der Waals surface area contributed by atoms with Crippen LogP contribution in [0.3, 0.4) is 0 Å². The molecule has 4 amide bonds. The Morgan fingerprint density at radius 2 is 1.75 bits per heavy atom. The Hall–Kier alpha value is -2.87. The highest BCUT2D eigenvalue weighted by molar-refractivity contribution is 7.98. The summed E-state index contributed by atoms with van der Waals surface area (Å²) in [4.78, 5) is 72.3. The van der Waals surface area contributed by atoms with Crippen LogP contribution in [0.1, 0.15) is 32.1 Å². The van der Waals surface area contributed by atoms with E-state index in [9.17, 15) is 33.9 Å². The molecule has 180 valence electrons. The lowest BCUT2D eigenvalue weighted by atomic mass is 10.1. The lowest BCUT2D eigenvalue weighted by Gasteiger charge is -2.28. The molecular formula is C18H29N5O8S. The second kappa shape index (κ2) is 12.9. The van der Waals surface area contributed by atoms with Crippen LogP contribution < -0.4 is 22.1 Å². The normalized spacial score (nSPS) is 18.3. The molecule has 14 heteroatoms. The summed E-state index contributed by atoms with van der Waals surface area (Å²) in [7, 11) is 0. The van der Waals surface area contributed by atoms with Crippen LogP contribution in [-0.4, -0.2) is 93.4 Å². The van der Waals surface area contributed by atoms with Crippen molar-refractivity contribution in [3.8, 4) is 0 Å². The topological polar surface area (TPSA) is 222 Å². The Morgan fingerprint density at radius 3 is 2.28 bits per heavy atom. The first-order valence-electron chi connectivity index (χ1n) is 9.86. The lowest BCUT2D eigenvalue weighted by Crippen LogP contribution is -2.57. The van der Waals surface area contributed by atoms with E-state index in [0.29, 0.717) is 18.6 Å². The van der Waals surface area contributed by atoms with Gasteiger partial charge in [0.2, 0.25) is 23.6 Å². The van der Waals surface area contributed by atoms with E-state index in [1.54, 1.807) is 6.26 Å². The first kappa shape index (κ1) is 27.2. The van der Waals surface area contributed by atoms with Gasteiger partial charge in [-0.1, -0.05) is 0 Å². The van der Waals surface area contributed by atoms with E-state index in [4.69, 9.17) is 16.6 Å². The summed E-state index contributed by atoms with van der Waals surface area (Å²) in [5.74, 6) is -5.28. The van der Waals surface area contributed by atoms with Crippen LogP contribution >= 0.6 is 11.8 Å². The number of carbonyl (C=O) groups excluding carboxylic acids is 4. The number of nitrogens with one attached hydrogen (secondary N) is 2. The van der Waals surface area contributed by atoms with Gasteiger partial charge in [-0.05, 0) is 31.3 Å². The molecular weight excluding hydrogens is 446 g/mol. The highest BCUT2D eigenvalue weighted by atomic mass is 32.2. The zero-order valence-corrected chi connectivity index (χ0v) is 18.4. The first-order chi connectivity index (χ1) is 15.0. The van der Waals surface area contributed by atoms with Gasteiger partial charge >= 0.3 is 11.9 Å². The minimum atomic E-state index is -1.55. The summed E-state index contributed by atoms with van der Waals surface area (Å²) < 4.78 is 0. The molecule has 4 atom stereocenters. The molecule has 0 aliphatic carbocycles. The number of amides is 4. The van der Waals surface area contributed by atoms with Gasteiger partial charge in [0.1, 0.15) is 18.1 Å². The van der Waals surface area contributed by atoms with E-state index in [-0.39, 0.29) is 13.0 Å². The minimum Gasteiger partial charge on any atom is -0.481 e. The summed E-state index contributed by atoms with van der Waals surface area (Å²) in [6.45, 7) is 0.214. The summed E-state index contributed by atoms with van der Waals surface area (Å²) >= 11 is 1.40. The second-order valence-electron chi connectivity index (χ2n) is 7.31. The number of hydrogen-bond donors (Lipinski definition) is 6. The maximum absolute atomic E-state index is 12.8. The quantitative estimate of drug-likeness (QED) is 0.164.